The van der Waals surface area contributed by atoms with Crippen molar-refractivity contribution in [2.75, 3.05) is 33.8 Å². The summed E-state index contributed by atoms with van der Waals surface area (Å²) < 4.78 is 5.95. The molecular weight excluding hydrogens is 401 g/mol. The first-order chi connectivity index (χ1) is 10.8. The van der Waals surface area contributed by atoms with E-state index in [1.165, 1.54) is 18.4 Å². The van der Waals surface area contributed by atoms with E-state index in [1.54, 1.807) is 0 Å². The summed E-state index contributed by atoms with van der Waals surface area (Å²) in [6.07, 6.45) is 3.69. The predicted molar refractivity (Wildman–Crippen MR) is 108 cm³/mol. The Bertz CT molecular complexity index is 467. The fourth-order valence-corrected chi connectivity index (χ4v) is 2.96. The minimum Gasteiger partial charge on any atom is -0.373 e. The zero-order valence-electron chi connectivity index (χ0n) is 14.5. The van der Waals surface area contributed by atoms with Crippen LogP contribution in [0.4, 0.5) is 0 Å². The highest BCUT2D eigenvalue weighted by Crippen LogP contribution is 2.33. The van der Waals surface area contributed by atoms with Crippen molar-refractivity contribution in [3.8, 4) is 0 Å². The van der Waals surface area contributed by atoms with E-state index in [0.29, 0.717) is 5.92 Å². The molecule has 5 heteroatoms. The number of nitrogens with zero attached hydrogens (tertiary/aromatic N) is 2. The van der Waals surface area contributed by atoms with E-state index in [2.05, 4.69) is 59.5 Å². The normalized spacial score (nSPS) is 20.9. The lowest BCUT2D eigenvalue weighted by atomic mass is 9.95. The quantitative estimate of drug-likeness (QED) is 0.424. The van der Waals surface area contributed by atoms with E-state index in [1.807, 2.05) is 7.05 Å². The summed E-state index contributed by atoms with van der Waals surface area (Å²) in [5.74, 6) is 1.48. The van der Waals surface area contributed by atoms with Gasteiger partial charge in [-0.05, 0) is 18.4 Å². The lowest BCUT2D eigenvalue weighted by molar-refractivity contribution is 0.0914. The number of nitrogens with one attached hydrogen (secondary N) is 1. The van der Waals surface area contributed by atoms with Gasteiger partial charge in [0.25, 0.3) is 0 Å². The zero-order valence-corrected chi connectivity index (χ0v) is 16.8. The van der Waals surface area contributed by atoms with Crippen LogP contribution in [0.2, 0.25) is 0 Å². The standard InChI is InChI=1S/C18H29N3O.HI/c1-4-5-12-21(3)18(19-2)20-14-16-11-13-22-17(16)15-9-7-6-8-10-15;/h6-10,16-17H,4-5,11-14H2,1-3H3,(H,19,20);1H. The van der Waals surface area contributed by atoms with Crippen LogP contribution in [-0.4, -0.2) is 44.7 Å². The van der Waals surface area contributed by atoms with Gasteiger partial charge >= 0.3 is 0 Å². The highest BCUT2D eigenvalue weighted by Gasteiger charge is 2.29. The molecule has 0 spiro atoms. The van der Waals surface area contributed by atoms with Crippen molar-refractivity contribution in [1.29, 1.82) is 0 Å². The Balaban J connectivity index is 0.00000264. The molecule has 1 aliphatic rings. The largest absolute Gasteiger partial charge is 0.373 e. The Morgan fingerprint density at radius 1 is 1.35 bits per heavy atom. The van der Waals surface area contributed by atoms with Crippen LogP contribution in [0.1, 0.15) is 37.9 Å². The average molecular weight is 431 g/mol. The number of aliphatic imine (C=N–C) groups is 1. The third-order valence-corrected chi connectivity index (χ3v) is 4.29. The number of hydrogen-bond donors (Lipinski definition) is 1. The summed E-state index contributed by atoms with van der Waals surface area (Å²) in [6.45, 7) is 5.00. The van der Waals surface area contributed by atoms with Crippen LogP contribution in [-0.2, 0) is 4.74 Å². The number of halogens is 1. The second kappa shape index (κ2) is 10.9. The first-order valence-electron chi connectivity index (χ1n) is 8.34. The molecule has 1 aromatic carbocycles. The lowest BCUT2D eigenvalue weighted by Crippen LogP contribution is -2.41. The second-order valence-electron chi connectivity index (χ2n) is 5.95. The Morgan fingerprint density at radius 2 is 2.09 bits per heavy atom. The van der Waals surface area contributed by atoms with Crippen LogP contribution in [0.15, 0.2) is 35.3 Å². The fourth-order valence-electron chi connectivity index (χ4n) is 2.96. The van der Waals surface area contributed by atoms with E-state index in [-0.39, 0.29) is 30.1 Å². The monoisotopic (exact) mass is 431 g/mol. The molecule has 1 N–H and O–H groups in total. The summed E-state index contributed by atoms with van der Waals surface area (Å²) in [5, 5.41) is 3.52. The van der Waals surface area contributed by atoms with Gasteiger partial charge in [-0.15, -0.1) is 24.0 Å². The van der Waals surface area contributed by atoms with Gasteiger partial charge in [0.05, 0.1) is 6.10 Å². The number of hydrogen-bond acceptors (Lipinski definition) is 2. The Kier molecular flexibility index (Phi) is 9.55. The van der Waals surface area contributed by atoms with Crippen LogP contribution < -0.4 is 5.32 Å². The van der Waals surface area contributed by atoms with E-state index in [0.717, 1.165) is 32.1 Å². The molecule has 1 heterocycles. The topological polar surface area (TPSA) is 36.9 Å². The summed E-state index contributed by atoms with van der Waals surface area (Å²) in [4.78, 5) is 6.60. The molecule has 0 aliphatic carbocycles. The molecule has 0 radical (unpaired) electrons. The molecule has 1 fully saturated rings. The molecule has 130 valence electrons. The van der Waals surface area contributed by atoms with Crippen molar-refractivity contribution in [2.45, 2.75) is 32.3 Å². The third-order valence-electron chi connectivity index (χ3n) is 4.29. The lowest BCUT2D eigenvalue weighted by Gasteiger charge is -2.25. The molecule has 2 unspecified atom stereocenters. The molecule has 23 heavy (non-hydrogen) atoms. The molecule has 4 nitrogen and oxygen atoms in total. The summed E-state index contributed by atoms with van der Waals surface area (Å²) in [6, 6.07) is 10.5. The Labute approximate surface area is 157 Å². The molecule has 0 bridgehead atoms. The number of rotatable bonds is 6. The molecule has 1 aromatic rings. The fraction of sp³-hybridized carbons (Fsp3) is 0.611. The van der Waals surface area contributed by atoms with Crippen LogP contribution in [0.5, 0.6) is 0 Å². The number of benzene rings is 1. The van der Waals surface area contributed by atoms with Crippen molar-refractivity contribution in [2.24, 2.45) is 10.9 Å². The van der Waals surface area contributed by atoms with Gasteiger partial charge < -0.3 is 15.0 Å². The molecule has 1 aliphatic heterocycles. The number of ether oxygens (including phenoxy) is 1. The van der Waals surface area contributed by atoms with Gasteiger partial charge in [0, 0.05) is 39.7 Å². The maximum Gasteiger partial charge on any atom is 0.193 e. The maximum atomic E-state index is 5.95. The molecule has 2 rings (SSSR count). The van der Waals surface area contributed by atoms with Crippen LogP contribution in [0.25, 0.3) is 0 Å². The summed E-state index contributed by atoms with van der Waals surface area (Å²) in [5.41, 5.74) is 1.28. The van der Waals surface area contributed by atoms with Gasteiger partial charge in [0.15, 0.2) is 5.96 Å². The van der Waals surface area contributed by atoms with E-state index >= 15 is 0 Å². The Morgan fingerprint density at radius 3 is 2.74 bits per heavy atom. The highest BCUT2D eigenvalue weighted by molar-refractivity contribution is 14.0. The predicted octanol–water partition coefficient (Wildman–Crippen LogP) is 3.69. The highest BCUT2D eigenvalue weighted by atomic mass is 127. The second-order valence-corrected chi connectivity index (χ2v) is 5.95. The van der Waals surface area contributed by atoms with Crippen molar-refractivity contribution in [1.82, 2.24) is 10.2 Å². The third kappa shape index (κ3) is 5.95. The van der Waals surface area contributed by atoms with Gasteiger partial charge in [0.1, 0.15) is 0 Å². The van der Waals surface area contributed by atoms with Gasteiger partial charge in [-0.1, -0.05) is 43.7 Å². The molecule has 0 amide bonds. The molecule has 0 saturated carbocycles. The van der Waals surface area contributed by atoms with Crippen LogP contribution in [0, 0.1) is 5.92 Å². The van der Waals surface area contributed by atoms with Gasteiger partial charge in [-0.2, -0.15) is 0 Å². The van der Waals surface area contributed by atoms with Crippen LogP contribution in [0.3, 0.4) is 0 Å². The van der Waals surface area contributed by atoms with E-state index in [4.69, 9.17) is 4.74 Å². The first kappa shape index (κ1) is 20.2. The number of guanidine groups is 1. The summed E-state index contributed by atoms with van der Waals surface area (Å²) >= 11 is 0. The molecule has 1 saturated heterocycles. The van der Waals surface area contributed by atoms with Gasteiger partial charge in [-0.25, -0.2) is 0 Å². The maximum absolute atomic E-state index is 5.95. The minimum absolute atomic E-state index is 0. The van der Waals surface area contributed by atoms with Gasteiger partial charge in [0.2, 0.25) is 0 Å². The first-order valence-corrected chi connectivity index (χ1v) is 8.34. The van der Waals surface area contributed by atoms with Crippen molar-refractivity contribution in [3.05, 3.63) is 35.9 Å². The average Bonchev–Trinajstić information content (AvgIpc) is 3.02. The minimum atomic E-state index is 0. The van der Waals surface area contributed by atoms with Crippen molar-refractivity contribution < 1.29 is 4.74 Å². The molecule has 0 aromatic heterocycles. The molecular formula is C18H30IN3O. The van der Waals surface area contributed by atoms with Crippen molar-refractivity contribution >= 4 is 29.9 Å². The van der Waals surface area contributed by atoms with Crippen LogP contribution >= 0.6 is 24.0 Å². The zero-order chi connectivity index (χ0) is 15.8. The SMILES string of the molecule is CCCCN(C)C(=NC)NCC1CCOC1c1ccccc1.I. The smallest absolute Gasteiger partial charge is 0.193 e. The van der Waals surface area contributed by atoms with E-state index in [9.17, 15) is 0 Å². The molecule has 2 atom stereocenters. The van der Waals surface area contributed by atoms with Crippen molar-refractivity contribution in [3.63, 3.8) is 0 Å². The Hall–Kier alpha value is -0.820. The van der Waals surface area contributed by atoms with E-state index < -0.39 is 0 Å². The summed E-state index contributed by atoms with van der Waals surface area (Å²) in [7, 11) is 3.95. The number of unbranched alkanes of at least 4 members (excludes halogenated alkanes) is 1. The van der Waals surface area contributed by atoms with Gasteiger partial charge in [-0.3, -0.25) is 4.99 Å².